The van der Waals surface area contributed by atoms with E-state index >= 15 is 0 Å². The van der Waals surface area contributed by atoms with Crippen LogP contribution in [0.15, 0.2) is 53.4 Å². The van der Waals surface area contributed by atoms with Gasteiger partial charge in [-0.2, -0.15) is 0 Å². The molecule has 2 aliphatic rings. The number of nitrogens with one attached hydrogen (secondary N) is 1. The first-order chi connectivity index (χ1) is 15.5. The summed E-state index contributed by atoms with van der Waals surface area (Å²) in [5.41, 5.74) is 0.703. The molecule has 2 aromatic rings. The van der Waals surface area contributed by atoms with Crippen molar-refractivity contribution in [2.24, 2.45) is 0 Å². The lowest BCUT2D eigenvalue weighted by molar-refractivity contribution is 0.0432. The van der Waals surface area contributed by atoms with Crippen LogP contribution in [0.4, 0.5) is 5.69 Å². The molecular weight excluding hydrogens is 430 g/mol. The molecule has 0 spiro atoms. The van der Waals surface area contributed by atoms with E-state index in [0.717, 1.165) is 39.1 Å². The van der Waals surface area contributed by atoms with Crippen molar-refractivity contribution in [3.63, 3.8) is 0 Å². The fourth-order valence-corrected chi connectivity index (χ4v) is 5.24. The highest BCUT2D eigenvalue weighted by Gasteiger charge is 2.26. The molecule has 1 amide bonds. The monoisotopic (exact) mass is 459 g/mol. The van der Waals surface area contributed by atoms with E-state index in [-0.39, 0.29) is 10.8 Å². The zero-order valence-corrected chi connectivity index (χ0v) is 19.0. The van der Waals surface area contributed by atoms with Crippen molar-refractivity contribution in [1.29, 1.82) is 0 Å². The molecule has 8 nitrogen and oxygen atoms in total. The number of carbonyl (C=O) groups is 1. The van der Waals surface area contributed by atoms with Gasteiger partial charge in [0.05, 0.1) is 23.8 Å². The van der Waals surface area contributed by atoms with Gasteiger partial charge in [0.1, 0.15) is 5.75 Å². The Bertz CT molecular complexity index is 1050. The van der Waals surface area contributed by atoms with Gasteiger partial charge in [-0.25, -0.2) is 8.42 Å². The summed E-state index contributed by atoms with van der Waals surface area (Å²) in [5.74, 6) is 0.264. The number of carbonyl (C=O) groups excluding carboxylic acids is 1. The number of anilines is 1. The molecule has 1 unspecified atom stereocenters. The van der Waals surface area contributed by atoms with E-state index in [1.807, 2.05) is 0 Å². The summed E-state index contributed by atoms with van der Waals surface area (Å²) in [7, 11) is -2.40. The van der Waals surface area contributed by atoms with E-state index < -0.39 is 10.0 Å². The molecule has 2 heterocycles. The van der Waals surface area contributed by atoms with Crippen molar-refractivity contribution < 1.29 is 22.7 Å². The van der Waals surface area contributed by atoms with Gasteiger partial charge in [0, 0.05) is 44.9 Å². The molecule has 1 N–H and O–H groups in total. The number of para-hydroxylation sites is 2. The van der Waals surface area contributed by atoms with Gasteiger partial charge in [0.15, 0.2) is 0 Å². The average molecular weight is 460 g/mol. The van der Waals surface area contributed by atoms with Crippen molar-refractivity contribution in [2.45, 2.75) is 23.8 Å². The lowest BCUT2D eigenvalue weighted by Gasteiger charge is -2.35. The summed E-state index contributed by atoms with van der Waals surface area (Å²) in [6.45, 7) is 4.56. The van der Waals surface area contributed by atoms with Gasteiger partial charge in [-0.3, -0.25) is 14.4 Å². The number of sulfonamides is 1. The van der Waals surface area contributed by atoms with Crippen LogP contribution in [0.25, 0.3) is 0 Å². The number of ether oxygens (including phenoxy) is 2. The van der Waals surface area contributed by atoms with E-state index in [1.165, 1.54) is 19.2 Å². The summed E-state index contributed by atoms with van der Waals surface area (Å²) in [5, 5.41) is 0. The minimum atomic E-state index is -3.88. The second-order valence-corrected chi connectivity index (χ2v) is 9.74. The van der Waals surface area contributed by atoms with E-state index in [0.29, 0.717) is 36.2 Å². The molecule has 9 heteroatoms. The molecule has 2 aliphatic heterocycles. The maximum Gasteiger partial charge on any atom is 0.262 e. The van der Waals surface area contributed by atoms with Gasteiger partial charge in [-0.05, 0) is 43.2 Å². The predicted octanol–water partition coefficient (Wildman–Crippen LogP) is 2.43. The first-order valence-electron chi connectivity index (χ1n) is 10.9. The van der Waals surface area contributed by atoms with Gasteiger partial charge in [0.2, 0.25) is 0 Å². The highest BCUT2D eigenvalue weighted by molar-refractivity contribution is 7.92. The molecule has 0 radical (unpaired) electrons. The SMILES string of the molecule is COc1ccccc1NS(=O)(=O)c1cccc(C(=O)N2CCN(CC3CCCO3)CC2)c1. The minimum Gasteiger partial charge on any atom is -0.495 e. The Balaban J connectivity index is 1.41. The highest BCUT2D eigenvalue weighted by Crippen LogP contribution is 2.26. The fourth-order valence-electron chi connectivity index (χ4n) is 4.12. The molecular formula is C23H29N3O5S. The van der Waals surface area contributed by atoms with Crippen molar-refractivity contribution in [3.8, 4) is 5.75 Å². The Labute approximate surface area is 189 Å². The summed E-state index contributed by atoms with van der Waals surface area (Å²) >= 11 is 0. The van der Waals surface area contributed by atoms with Crippen LogP contribution in [0.1, 0.15) is 23.2 Å². The third-order valence-electron chi connectivity index (χ3n) is 5.89. The van der Waals surface area contributed by atoms with E-state index in [9.17, 15) is 13.2 Å². The topological polar surface area (TPSA) is 88.2 Å². The summed E-state index contributed by atoms with van der Waals surface area (Å²) < 4.78 is 39.3. The van der Waals surface area contributed by atoms with Crippen LogP contribution in [0.2, 0.25) is 0 Å². The van der Waals surface area contributed by atoms with E-state index in [1.54, 1.807) is 41.3 Å². The molecule has 0 aromatic heterocycles. The van der Waals surface area contributed by atoms with Crippen LogP contribution >= 0.6 is 0 Å². The van der Waals surface area contributed by atoms with Gasteiger partial charge in [-0.15, -0.1) is 0 Å². The van der Waals surface area contributed by atoms with Crippen molar-refractivity contribution in [1.82, 2.24) is 9.80 Å². The Morgan fingerprint density at radius 1 is 1.12 bits per heavy atom. The number of methoxy groups -OCH3 is 1. The van der Waals surface area contributed by atoms with Gasteiger partial charge in [-0.1, -0.05) is 18.2 Å². The molecule has 0 bridgehead atoms. The Kier molecular flexibility index (Phi) is 6.98. The van der Waals surface area contributed by atoms with Gasteiger partial charge < -0.3 is 14.4 Å². The van der Waals surface area contributed by atoms with Crippen LogP contribution in [-0.4, -0.2) is 76.7 Å². The molecule has 2 aromatic carbocycles. The molecule has 0 aliphatic carbocycles. The summed E-state index contributed by atoms with van der Waals surface area (Å²) in [6.07, 6.45) is 2.52. The predicted molar refractivity (Wildman–Crippen MR) is 122 cm³/mol. The normalized spacial score (nSPS) is 19.7. The Morgan fingerprint density at radius 2 is 1.91 bits per heavy atom. The lowest BCUT2D eigenvalue weighted by Crippen LogP contribution is -2.50. The number of benzene rings is 2. The van der Waals surface area contributed by atoms with Crippen LogP contribution in [0.3, 0.4) is 0 Å². The van der Waals surface area contributed by atoms with Gasteiger partial charge in [0.25, 0.3) is 15.9 Å². The maximum atomic E-state index is 13.0. The molecule has 2 saturated heterocycles. The van der Waals surface area contributed by atoms with E-state index in [2.05, 4.69) is 9.62 Å². The van der Waals surface area contributed by atoms with Crippen LogP contribution < -0.4 is 9.46 Å². The number of piperazine rings is 1. The molecule has 32 heavy (non-hydrogen) atoms. The second-order valence-electron chi connectivity index (χ2n) is 8.06. The average Bonchev–Trinajstić information content (AvgIpc) is 3.32. The zero-order chi connectivity index (χ0) is 22.6. The fraction of sp³-hybridized carbons (Fsp3) is 0.435. The zero-order valence-electron chi connectivity index (χ0n) is 18.2. The molecule has 1 atom stereocenters. The Morgan fingerprint density at radius 3 is 2.62 bits per heavy atom. The molecule has 0 saturated carbocycles. The Hall–Kier alpha value is -2.62. The molecule has 172 valence electrons. The standard InChI is InChI=1S/C23H29N3O5S/c1-30-22-10-3-2-9-21(22)24-32(28,29)20-8-4-6-18(16-20)23(27)26-13-11-25(12-14-26)17-19-7-5-15-31-19/h2-4,6,8-10,16,19,24H,5,7,11-15,17H2,1H3. The van der Waals surface area contributed by atoms with Crippen LogP contribution in [0, 0.1) is 0 Å². The second kappa shape index (κ2) is 9.89. The maximum absolute atomic E-state index is 13.0. The number of nitrogens with zero attached hydrogens (tertiary/aromatic N) is 2. The number of hydrogen-bond acceptors (Lipinski definition) is 6. The van der Waals surface area contributed by atoms with Gasteiger partial charge >= 0.3 is 0 Å². The van der Waals surface area contributed by atoms with Crippen molar-refractivity contribution in [2.75, 3.05) is 51.2 Å². The quantitative estimate of drug-likeness (QED) is 0.684. The third-order valence-corrected chi connectivity index (χ3v) is 7.25. The van der Waals surface area contributed by atoms with Crippen LogP contribution in [0.5, 0.6) is 5.75 Å². The minimum absolute atomic E-state index is 0.0336. The smallest absolute Gasteiger partial charge is 0.262 e. The first-order valence-corrected chi connectivity index (χ1v) is 12.3. The first kappa shape index (κ1) is 22.6. The highest BCUT2D eigenvalue weighted by atomic mass is 32.2. The van der Waals surface area contributed by atoms with Crippen molar-refractivity contribution >= 4 is 21.6 Å². The number of amides is 1. The summed E-state index contributed by atoms with van der Waals surface area (Å²) in [6, 6.07) is 12.9. The number of hydrogen-bond donors (Lipinski definition) is 1. The third kappa shape index (κ3) is 5.23. The molecule has 2 fully saturated rings. The van der Waals surface area contributed by atoms with Crippen LogP contribution in [-0.2, 0) is 14.8 Å². The largest absolute Gasteiger partial charge is 0.495 e. The molecule has 4 rings (SSSR count). The number of rotatable bonds is 7. The van der Waals surface area contributed by atoms with E-state index in [4.69, 9.17) is 9.47 Å². The summed E-state index contributed by atoms with van der Waals surface area (Å²) in [4.78, 5) is 17.2. The lowest BCUT2D eigenvalue weighted by atomic mass is 10.1. The van der Waals surface area contributed by atoms with Crippen molar-refractivity contribution in [3.05, 3.63) is 54.1 Å².